The molecule has 1 fully saturated rings. The zero-order valence-corrected chi connectivity index (χ0v) is 14.4. The van der Waals surface area contributed by atoms with Gasteiger partial charge < -0.3 is 20.6 Å². The van der Waals surface area contributed by atoms with Crippen LogP contribution in [0.2, 0.25) is 5.02 Å². The number of urea groups is 1. The largest absolute Gasteiger partial charge is 0.478 e. The molecule has 2 aromatic rings. The monoisotopic (exact) mass is 373 g/mol. The van der Waals surface area contributed by atoms with Crippen molar-refractivity contribution in [2.24, 2.45) is 0 Å². The molecule has 0 spiro atoms. The number of nitrogens with zero attached hydrogens (tertiary/aromatic N) is 1. The lowest BCUT2D eigenvalue weighted by Gasteiger charge is -2.17. The van der Waals surface area contributed by atoms with E-state index in [1.165, 1.54) is 18.2 Å². The molecule has 26 heavy (non-hydrogen) atoms. The van der Waals surface area contributed by atoms with Crippen LogP contribution in [0.25, 0.3) is 0 Å². The Morgan fingerprint density at radius 2 is 1.88 bits per heavy atom. The van der Waals surface area contributed by atoms with Crippen molar-refractivity contribution in [2.45, 2.75) is 12.5 Å². The number of hydrogen-bond donors (Lipinski definition) is 3. The summed E-state index contributed by atoms with van der Waals surface area (Å²) in [5.74, 6) is -1.28. The van der Waals surface area contributed by atoms with Crippen LogP contribution in [0.15, 0.2) is 48.5 Å². The molecule has 0 aromatic heterocycles. The van der Waals surface area contributed by atoms with Crippen molar-refractivity contribution in [2.75, 3.05) is 16.8 Å². The molecular weight excluding hydrogens is 358 g/mol. The van der Waals surface area contributed by atoms with Crippen molar-refractivity contribution in [1.29, 1.82) is 0 Å². The van der Waals surface area contributed by atoms with Crippen LogP contribution >= 0.6 is 11.6 Å². The zero-order valence-electron chi connectivity index (χ0n) is 13.6. The lowest BCUT2D eigenvalue weighted by atomic mass is 10.2. The van der Waals surface area contributed by atoms with Crippen LogP contribution in [-0.2, 0) is 4.79 Å². The van der Waals surface area contributed by atoms with Crippen molar-refractivity contribution < 1.29 is 19.5 Å². The number of para-hydroxylation sites is 1. The summed E-state index contributed by atoms with van der Waals surface area (Å²) in [4.78, 5) is 37.2. The van der Waals surface area contributed by atoms with E-state index in [-0.39, 0.29) is 34.6 Å². The fourth-order valence-corrected chi connectivity index (χ4v) is 2.98. The number of halogens is 1. The van der Waals surface area contributed by atoms with E-state index in [1.807, 2.05) is 30.3 Å². The molecule has 3 amide bonds. The summed E-state index contributed by atoms with van der Waals surface area (Å²) < 4.78 is 0. The number of carbonyl (C=O) groups is 3. The lowest BCUT2D eigenvalue weighted by molar-refractivity contribution is -0.117. The number of anilines is 2. The first-order valence-corrected chi connectivity index (χ1v) is 8.27. The smallest absolute Gasteiger partial charge is 0.337 e. The van der Waals surface area contributed by atoms with Gasteiger partial charge in [-0.05, 0) is 30.3 Å². The standard InChI is InChI=1S/C18H16ClN3O4/c19-11-6-7-15(14(8-11)17(24)25)21-18(26)20-12-9-16(23)22(10-12)13-4-2-1-3-5-13/h1-8,12H,9-10H2,(H,24,25)(H2,20,21,26). The second kappa shape index (κ2) is 7.45. The maximum atomic E-state index is 12.2. The van der Waals surface area contributed by atoms with E-state index in [4.69, 9.17) is 11.6 Å². The first-order chi connectivity index (χ1) is 12.4. The molecule has 0 bridgehead atoms. The van der Waals surface area contributed by atoms with Gasteiger partial charge in [0.1, 0.15) is 0 Å². The predicted molar refractivity (Wildman–Crippen MR) is 97.8 cm³/mol. The van der Waals surface area contributed by atoms with Crippen LogP contribution in [0.4, 0.5) is 16.2 Å². The van der Waals surface area contributed by atoms with Crippen LogP contribution in [0.5, 0.6) is 0 Å². The SMILES string of the molecule is O=C(Nc1ccc(Cl)cc1C(=O)O)NC1CC(=O)N(c2ccccc2)C1. The highest BCUT2D eigenvalue weighted by atomic mass is 35.5. The van der Waals surface area contributed by atoms with Gasteiger partial charge in [-0.15, -0.1) is 0 Å². The Balaban J connectivity index is 1.65. The minimum Gasteiger partial charge on any atom is -0.478 e. The highest BCUT2D eigenvalue weighted by Gasteiger charge is 2.31. The number of carboxylic acid groups (broad SMARTS) is 1. The Bertz CT molecular complexity index is 857. The molecule has 3 N–H and O–H groups in total. The number of benzene rings is 2. The van der Waals surface area contributed by atoms with Crippen LogP contribution in [0.3, 0.4) is 0 Å². The van der Waals surface area contributed by atoms with Crippen LogP contribution < -0.4 is 15.5 Å². The molecule has 8 heteroatoms. The maximum absolute atomic E-state index is 12.2. The maximum Gasteiger partial charge on any atom is 0.337 e. The zero-order chi connectivity index (χ0) is 18.7. The molecule has 1 aliphatic rings. The molecule has 1 unspecified atom stereocenters. The molecule has 134 valence electrons. The van der Waals surface area contributed by atoms with Crippen molar-refractivity contribution in [3.05, 3.63) is 59.1 Å². The summed E-state index contributed by atoms with van der Waals surface area (Å²) in [5.41, 5.74) is 0.790. The molecule has 0 radical (unpaired) electrons. The third-order valence-electron chi connectivity index (χ3n) is 3.99. The molecule has 1 atom stereocenters. The number of aromatic carboxylic acids is 1. The average molecular weight is 374 g/mol. The van der Waals surface area contributed by atoms with Crippen molar-refractivity contribution >= 4 is 40.9 Å². The Labute approximate surface area is 154 Å². The fourth-order valence-electron chi connectivity index (χ4n) is 2.81. The number of rotatable bonds is 4. The Morgan fingerprint density at radius 1 is 1.15 bits per heavy atom. The van der Waals surface area contributed by atoms with Crippen molar-refractivity contribution in [3.8, 4) is 0 Å². The van der Waals surface area contributed by atoms with E-state index in [9.17, 15) is 19.5 Å². The summed E-state index contributed by atoms with van der Waals surface area (Å²) in [5, 5.41) is 14.7. The van der Waals surface area contributed by atoms with Gasteiger partial charge in [0, 0.05) is 23.7 Å². The molecule has 7 nitrogen and oxygen atoms in total. The first kappa shape index (κ1) is 17.8. The lowest BCUT2D eigenvalue weighted by Crippen LogP contribution is -2.40. The topological polar surface area (TPSA) is 98.7 Å². The van der Waals surface area contributed by atoms with E-state index >= 15 is 0 Å². The molecule has 2 aromatic carbocycles. The van der Waals surface area contributed by atoms with Crippen LogP contribution in [0.1, 0.15) is 16.8 Å². The van der Waals surface area contributed by atoms with Crippen LogP contribution in [0, 0.1) is 0 Å². The summed E-state index contributed by atoms with van der Waals surface area (Å²) in [6.45, 7) is 0.350. The quantitative estimate of drug-likeness (QED) is 0.767. The van der Waals surface area contributed by atoms with E-state index in [1.54, 1.807) is 4.90 Å². The van der Waals surface area contributed by atoms with Gasteiger partial charge in [0.15, 0.2) is 0 Å². The number of nitrogens with one attached hydrogen (secondary N) is 2. The summed E-state index contributed by atoms with van der Waals surface area (Å²) in [6.07, 6.45) is 0.175. The Kier molecular flexibility index (Phi) is 5.09. The third-order valence-corrected chi connectivity index (χ3v) is 4.22. The number of carboxylic acids is 1. The van der Waals surface area contributed by atoms with Gasteiger partial charge in [0.05, 0.1) is 17.3 Å². The van der Waals surface area contributed by atoms with Crippen molar-refractivity contribution in [1.82, 2.24) is 5.32 Å². The van der Waals surface area contributed by atoms with Gasteiger partial charge in [-0.25, -0.2) is 9.59 Å². The molecule has 0 aliphatic carbocycles. The van der Waals surface area contributed by atoms with Gasteiger partial charge in [0.2, 0.25) is 5.91 Å². The number of carbonyl (C=O) groups excluding carboxylic acids is 2. The van der Waals surface area contributed by atoms with Crippen molar-refractivity contribution in [3.63, 3.8) is 0 Å². The highest BCUT2D eigenvalue weighted by molar-refractivity contribution is 6.31. The number of amides is 3. The summed E-state index contributed by atoms with van der Waals surface area (Å²) in [7, 11) is 0. The van der Waals surface area contributed by atoms with Gasteiger partial charge in [-0.2, -0.15) is 0 Å². The van der Waals surface area contributed by atoms with Gasteiger partial charge in [-0.3, -0.25) is 4.79 Å². The third kappa shape index (κ3) is 3.94. The minimum absolute atomic E-state index is 0.0841. The van der Waals surface area contributed by atoms with E-state index in [0.717, 1.165) is 5.69 Å². The van der Waals surface area contributed by atoms with E-state index in [0.29, 0.717) is 6.54 Å². The molecule has 1 heterocycles. The normalized spacial score (nSPS) is 16.4. The first-order valence-electron chi connectivity index (χ1n) is 7.90. The predicted octanol–water partition coefficient (Wildman–Crippen LogP) is 2.97. The second-order valence-electron chi connectivity index (χ2n) is 5.83. The van der Waals surface area contributed by atoms with Gasteiger partial charge in [0.25, 0.3) is 0 Å². The fraction of sp³-hybridized carbons (Fsp3) is 0.167. The van der Waals surface area contributed by atoms with Crippen LogP contribution in [-0.4, -0.2) is 35.6 Å². The van der Waals surface area contributed by atoms with E-state index < -0.39 is 12.0 Å². The summed E-state index contributed by atoms with van der Waals surface area (Å²) in [6, 6.07) is 12.4. The number of hydrogen-bond acceptors (Lipinski definition) is 3. The minimum atomic E-state index is -1.20. The average Bonchev–Trinajstić information content (AvgIpc) is 2.97. The van der Waals surface area contributed by atoms with Gasteiger partial charge >= 0.3 is 12.0 Å². The van der Waals surface area contributed by atoms with E-state index in [2.05, 4.69) is 10.6 Å². The highest BCUT2D eigenvalue weighted by Crippen LogP contribution is 2.22. The molecule has 3 rings (SSSR count). The summed E-state index contributed by atoms with van der Waals surface area (Å²) >= 11 is 5.79. The van der Waals surface area contributed by atoms with Gasteiger partial charge in [-0.1, -0.05) is 29.8 Å². The molecular formula is C18H16ClN3O4. The Morgan fingerprint density at radius 3 is 2.58 bits per heavy atom. The molecule has 1 saturated heterocycles. The molecule has 0 saturated carbocycles. The second-order valence-corrected chi connectivity index (χ2v) is 6.27. The molecule has 1 aliphatic heterocycles. The Hall–Kier alpha value is -3.06.